The molecule has 1 aromatic heterocycles. The summed E-state index contributed by atoms with van der Waals surface area (Å²) in [5, 5.41) is 8.52. The number of hydrogen-bond donors (Lipinski definition) is 2. The van der Waals surface area contributed by atoms with Crippen molar-refractivity contribution in [3.8, 4) is 0 Å². The molecule has 4 rings (SSSR count). The van der Waals surface area contributed by atoms with E-state index in [1.165, 1.54) is 4.90 Å². The van der Waals surface area contributed by atoms with E-state index in [0.29, 0.717) is 28.5 Å². The Labute approximate surface area is 184 Å². The van der Waals surface area contributed by atoms with Crippen molar-refractivity contribution in [2.45, 2.75) is 26.2 Å². The number of anilines is 3. The maximum atomic E-state index is 13.0. The van der Waals surface area contributed by atoms with Crippen molar-refractivity contribution in [3.05, 3.63) is 70.2 Å². The van der Waals surface area contributed by atoms with Gasteiger partial charge in [0, 0.05) is 22.5 Å². The van der Waals surface area contributed by atoms with Crippen LogP contribution in [0.25, 0.3) is 0 Å². The first-order valence-corrected chi connectivity index (χ1v) is 10.8. The monoisotopic (exact) mass is 434 g/mol. The van der Waals surface area contributed by atoms with Crippen molar-refractivity contribution < 1.29 is 14.4 Å². The Hall–Kier alpha value is -3.52. The van der Waals surface area contributed by atoms with E-state index in [1.807, 2.05) is 11.4 Å². The van der Waals surface area contributed by atoms with Crippen molar-refractivity contribution in [3.63, 3.8) is 0 Å². The zero-order chi connectivity index (χ0) is 22.0. The van der Waals surface area contributed by atoms with Gasteiger partial charge in [-0.2, -0.15) is 0 Å². The highest BCUT2D eigenvalue weighted by Crippen LogP contribution is 2.30. The minimum atomic E-state index is -0.274. The second kappa shape index (κ2) is 8.69. The molecule has 1 aliphatic heterocycles. The molecule has 0 radical (unpaired) electrons. The lowest BCUT2D eigenvalue weighted by Gasteiger charge is -2.29. The molecule has 158 valence electrons. The van der Waals surface area contributed by atoms with Crippen molar-refractivity contribution >= 4 is 46.1 Å². The van der Waals surface area contributed by atoms with E-state index in [9.17, 15) is 14.4 Å². The zero-order valence-corrected chi connectivity index (χ0v) is 18.0. The van der Waals surface area contributed by atoms with Gasteiger partial charge in [0.15, 0.2) is 0 Å². The van der Waals surface area contributed by atoms with Gasteiger partial charge in [-0.05, 0) is 36.4 Å². The fourth-order valence-electron chi connectivity index (χ4n) is 3.31. The van der Waals surface area contributed by atoms with E-state index in [-0.39, 0.29) is 30.7 Å². The molecule has 0 fully saturated rings. The van der Waals surface area contributed by atoms with Gasteiger partial charge in [-0.1, -0.05) is 26.0 Å². The molecule has 0 unspecified atom stereocenters. The highest BCUT2D eigenvalue weighted by Gasteiger charge is 2.27. The van der Waals surface area contributed by atoms with Crippen LogP contribution in [0.4, 0.5) is 17.1 Å². The SMILES string of the molecule is CC(C)c1nc(CC(=O)Nc2ccc(C(=O)N3CC(=O)Nc4ccccc43)cc2)cs1. The summed E-state index contributed by atoms with van der Waals surface area (Å²) in [5.74, 6) is -0.339. The summed E-state index contributed by atoms with van der Waals surface area (Å²) in [6.07, 6.45) is 0.198. The third-order valence-corrected chi connectivity index (χ3v) is 6.03. The maximum absolute atomic E-state index is 13.0. The normalized spacial score (nSPS) is 13.0. The summed E-state index contributed by atoms with van der Waals surface area (Å²) in [6, 6.07) is 13.8. The highest BCUT2D eigenvalue weighted by atomic mass is 32.1. The molecule has 0 atom stereocenters. The molecule has 3 aromatic rings. The third-order valence-electron chi connectivity index (χ3n) is 4.84. The maximum Gasteiger partial charge on any atom is 0.258 e. The number of amides is 3. The van der Waals surface area contributed by atoms with Crippen LogP contribution in [0.15, 0.2) is 53.9 Å². The van der Waals surface area contributed by atoms with Crippen molar-refractivity contribution in [1.82, 2.24) is 4.98 Å². The number of nitrogens with one attached hydrogen (secondary N) is 2. The molecule has 0 spiro atoms. The first-order valence-electron chi connectivity index (χ1n) is 9.95. The molecule has 8 heteroatoms. The van der Waals surface area contributed by atoms with Crippen LogP contribution in [0.2, 0.25) is 0 Å². The summed E-state index contributed by atoms with van der Waals surface area (Å²) in [7, 11) is 0. The summed E-state index contributed by atoms with van der Waals surface area (Å²) in [5.41, 5.74) is 3.05. The number of rotatable bonds is 5. The summed E-state index contributed by atoms with van der Waals surface area (Å²) >= 11 is 1.56. The Balaban J connectivity index is 1.42. The predicted molar refractivity (Wildman–Crippen MR) is 122 cm³/mol. The molecule has 0 saturated heterocycles. The number of para-hydroxylation sites is 2. The van der Waals surface area contributed by atoms with Gasteiger partial charge < -0.3 is 10.6 Å². The molecule has 2 aromatic carbocycles. The van der Waals surface area contributed by atoms with Crippen LogP contribution < -0.4 is 15.5 Å². The van der Waals surface area contributed by atoms with E-state index in [2.05, 4.69) is 29.5 Å². The number of carbonyl (C=O) groups is 3. The van der Waals surface area contributed by atoms with Crippen LogP contribution in [0, 0.1) is 0 Å². The number of benzene rings is 2. The van der Waals surface area contributed by atoms with Crippen molar-refractivity contribution in [2.75, 3.05) is 22.1 Å². The lowest BCUT2D eigenvalue weighted by molar-refractivity contribution is -0.116. The predicted octanol–water partition coefficient (Wildman–Crippen LogP) is 4.05. The van der Waals surface area contributed by atoms with Gasteiger partial charge in [-0.25, -0.2) is 4.98 Å². The van der Waals surface area contributed by atoms with Gasteiger partial charge >= 0.3 is 0 Å². The van der Waals surface area contributed by atoms with Gasteiger partial charge in [0.25, 0.3) is 5.91 Å². The minimum absolute atomic E-state index is 0.0413. The molecular formula is C23H22N4O3S. The average Bonchev–Trinajstić information content (AvgIpc) is 3.22. The number of thiazole rings is 1. The highest BCUT2D eigenvalue weighted by molar-refractivity contribution is 7.09. The molecule has 3 amide bonds. The Kier molecular flexibility index (Phi) is 5.81. The first kappa shape index (κ1) is 20.7. The number of fused-ring (bicyclic) bond motifs is 1. The molecule has 0 saturated carbocycles. The summed E-state index contributed by atoms with van der Waals surface area (Å²) in [6.45, 7) is 4.10. The molecule has 2 heterocycles. The molecule has 31 heavy (non-hydrogen) atoms. The van der Waals surface area contributed by atoms with Crippen LogP contribution in [-0.4, -0.2) is 29.3 Å². The van der Waals surface area contributed by atoms with E-state index < -0.39 is 0 Å². The lowest BCUT2D eigenvalue weighted by atomic mass is 10.1. The van der Waals surface area contributed by atoms with Gasteiger partial charge in [0.1, 0.15) is 6.54 Å². The zero-order valence-electron chi connectivity index (χ0n) is 17.2. The van der Waals surface area contributed by atoms with Gasteiger partial charge in [-0.3, -0.25) is 19.3 Å². The number of carbonyl (C=O) groups excluding carboxylic acids is 3. The number of hydrogen-bond acceptors (Lipinski definition) is 5. The van der Waals surface area contributed by atoms with Crippen LogP contribution in [0.1, 0.15) is 40.8 Å². The van der Waals surface area contributed by atoms with E-state index >= 15 is 0 Å². The molecule has 0 bridgehead atoms. The fraction of sp³-hybridized carbons (Fsp3) is 0.217. The van der Waals surface area contributed by atoms with Crippen molar-refractivity contribution in [1.29, 1.82) is 0 Å². The van der Waals surface area contributed by atoms with Crippen LogP contribution >= 0.6 is 11.3 Å². The van der Waals surface area contributed by atoms with Crippen LogP contribution in [-0.2, 0) is 16.0 Å². The first-order chi connectivity index (χ1) is 14.9. The Morgan fingerprint density at radius 1 is 1.16 bits per heavy atom. The molecular weight excluding hydrogens is 412 g/mol. The van der Waals surface area contributed by atoms with E-state index in [4.69, 9.17) is 0 Å². The fourth-order valence-corrected chi connectivity index (χ4v) is 4.14. The Bertz CT molecular complexity index is 1140. The minimum Gasteiger partial charge on any atom is -0.326 e. The molecule has 7 nitrogen and oxygen atoms in total. The topological polar surface area (TPSA) is 91.4 Å². The number of nitrogens with zero attached hydrogens (tertiary/aromatic N) is 2. The van der Waals surface area contributed by atoms with Gasteiger partial charge in [0.2, 0.25) is 11.8 Å². The van der Waals surface area contributed by atoms with Gasteiger partial charge in [-0.15, -0.1) is 11.3 Å². The Morgan fingerprint density at radius 3 is 2.61 bits per heavy atom. The van der Waals surface area contributed by atoms with Gasteiger partial charge in [0.05, 0.1) is 28.5 Å². The largest absolute Gasteiger partial charge is 0.326 e. The third kappa shape index (κ3) is 4.64. The molecule has 1 aliphatic rings. The molecule has 2 N–H and O–H groups in total. The molecule has 0 aliphatic carbocycles. The summed E-state index contributed by atoms with van der Waals surface area (Å²) in [4.78, 5) is 43.2. The quantitative estimate of drug-likeness (QED) is 0.634. The number of aromatic nitrogens is 1. The lowest BCUT2D eigenvalue weighted by Crippen LogP contribution is -2.42. The standard InChI is InChI=1S/C23H22N4O3S/c1-14(2)22-25-17(13-31-22)11-20(28)24-16-9-7-15(8-10-16)23(30)27-12-21(29)26-18-5-3-4-6-19(18)27/h3-10,13-14H,11-12H2,1-2H3,(H,24,28)(H,26,29). The average molecular weight is 435 g/mol. The second-order valence-electron chi connectivity index (χ2n) is 7.59. The Morgan fingerprint density at radius 2 is 1.90 bits per heavy atom. The summed E-state index contributed by atoms with van der Waals surface area (Å²) < 4.78 is 0. The van der Waals surface area contributed by atoms with Crippen LogP contribution in [0.3, 0.4) is 0 Å². The van der Waals surface area contributed by atoms with E-state index in [0.717, 1.165) is 10.7 Å². The van der Waals surface area contributed by atoms with E-state index in [1.54, 1.807) is 53.8 Å². The second-order valence-corrected chi connectivity index (χ2v) is 8.48. The van der Waals surface area contributed by atoms with Crippen LogP contribution in [0.5, 0.6) is 0 Å². The smallest absolute Gasteiger partial charge is 0.258 e. The van der Waals surface area contributed by atoms with Crippen molar-refractivity contribution in [2.24, 2.45) is 0 Å².